The Kier molecular flexibility index (Phi) is 6.32. The maximum Gasteiger partial charge on any atom is 0.712 e. The lowest BCUT2D eigenvalue weighted by molar-refractivity contribution is -0.0895. The van der Waals surface area contributed by atoms with Crippen molar-refractivity contribution in [2.24, 2.45) is 0 Å². The van der Waals surface area contributed by atoms with E-state index in [4.69, 9.17) is 4.84 Å². The van der Waals surface area contributed by atoms with Crippen molar-refractivity contribution in [3.05, 3.63) is 0 Å². The van der Waals surface area contributed by atoms with Gasteiger partial charge in [-0.05, 0) is 17.9 Å². The lowest BCUT2D eigenvalue weighted by Gasteiger charge is -2.10. The molecule has 1 amide bonds. The van der Waals surface area contributed by atoms with Gasteiger partial charge in [0.05, 0.1) is 11.3 Å². The Hall–Kier alpha value is -0.770. The second-order valence-electron chi connectivity index (χ2n) is 3.13. The molecule has 0 heterocycles. The summed E-state index contributed by atoms with van der Waals surface area (Å²) in [4.78, 5) is 17.9. The molecule has 0 saturated carbocycles. The molecule has 1 radical (unpaired) electrons. The molecule has 0 spiro atoms. The van der Waals surface area contributed by atoms with Crippen LogP contribution in [-0.4, -0.2) is 43.2 Å². The maximum atomic E-state index is 11.3. The van der Waals surface area contributed by atoms with Crippen LogP contribution >= 0.6 is 0 Å². The van der Waals surface area contributed by atoms with Crippen molar-refractivity contribution in [3.63, 3.8) is 0 Å². The van der Waals surface area contributed by atoms with E-state index >= 15 is 0 Å². The van der Waals surface area contributed by atoms with Gasteiger partial charge in [0.2, 0.25) is 0 Å². The maximum absolute atomic E-state index is 11.3. The Balaban J connectivity index is 3.71. The van der Waals surface area contributed by atoms with Gasteiger partial charge in [0.25, 0.3) is 0 Å². The molecule has 0 saturated heterocycles. The van der Waals surface area contributed by atoms with E-state index in [9.17, 15) is 4.79 Å². The number of rotatable bonds is 5. The molecule has 0 N–H and O–H groups in total. The van der Waals surface area contributed by atoms with Crippen molar-refractivity contribution in [1.82, 2.24) is 9.96 Å². The van der Waals surface area contributed by atoms with Crippen molar-refractivity contribution in [2.45, 2.75) is 26.7 Å². The molecule has 0 aromatic carbocycles. The lowest BCUT2D eigenvalue weighted by atomic mass is 10.5. The van der Waals surface area contributed by atoms with Crippen LogP contribution < -0.4 is 0 Å². The topological polar surface area (TPSA) is 35.6 Å². The van der Waals surface area contributed by atoms with Gasteiger partial charge in [-0.25, -0.2) is 0 Å². The van der Waals surface area contributed by atoms with Crippen LogP contribution in [0.4, 0.5) is 4.79 Å². The minimum absolute atomic E-state index is 0.280. The summed E-state index contributed by atoms with van der Waals surface area (Å²) in [5, 5.41) is 1.56. The molecule has 0 fully saturated rings. The summed E-state index contributed by atoms with van der Waals surface area (Å²) >= 11 is 0. The number of carbonyl (C=O) groups is 1. The fourth-order valence-corrected chi connectivity index (χ4v) is 0.990. The van der Waals surface area contributed by atoms with Gasteiger partial charge in [-0.2, -0.15) is 4.84 Å². The molecule has 0 bridgehead atoms. The normalized spacial score (nSPS) is 10.2. The first-order chi connectivity index (χ1) is 6.11. The van der Waals surface area contributed by atoms with E-state index in [0.29, 0.717) is 0 Å². The predicted molar refractivity (Wildman–Crippen MR) is 52.3 cm³/mol. The minimum atomic E-state index is -0.280. The van der Waals surface area contributed by atoms with E-state index in [1.54, 1.807) is 24.1 Å². The van der Waals surface area contributed by atoms with Gasteiger partial charge in [-0.3, -0.25) is 4.90 Å². The monoisotopic (exact) mass is 188 g/mol. The fourth-order valence-electron chi connectivity index (χ4n) is 0.990. The molecule has 0 aliphatic heterocycles. The van der Waals surface area contributed by atoms with Crippen LogP contribution in [0.15, 0.2) is 0 Å². The summed E-state index contributed by atoms with van der Waals surface area (Å²) in [5.74, 6) is 0. The summed E-state index contributed by atoms with van der Waals surface area (Å²) in [6.07, 6.45) is 1.64. The van der Waals surface area contributed by atoms with Gasteiger partial charge in [0, 0.05) is 20.6 Å². The van der Waals surface area contributed by atoms with Gasteiger partial charge in [0.1, 0.15) is 0 Å². The highest BCUT2D eigenvalue weighted by atomic mass is 16.7. The molecule has 4 heteroatoms. The van der Waals surface area contributed by atoms with Crippen LogP contribution in [0.3, 0.4) is 0 Å². The standard InChI is InChI=1S/C9H20N2O2/c1-5-7-10(3)9(12)13-11(4)8-6-2/h5-8H2,1-4H3/q+1. The summed E-state index contributed by atoms with van der Waals surface area (Å²) in [5.41, 5.74) is 0. The summed E-state index contributed by atoms with van der Waals surface area (Å²) in [6.45, 7) is 5.57. The molecular weight excluding hydrogens is 168 g/mol. The zero-order valence-electron chi connectivity index (χ0n) is 9.04. The first-order valence-corrected chi connectivity index (χ1v) is 4.76. The van der Waals surface area contributed by atoms with Gasteiger partial charge in [-0.1, -0.05) is 13.8 Å². The van der Waals surface area contributed by atoms with Crippen LogP contribution in [0.25, 0.3) is 0 Å². The van der Waals surface area contributed by atoms with Crippen LogP contribution in [0.1, 0.15) is 26.7 Å². The molecule has 0 aliphatic rings. The number of amides is 1. The van der Waals surface area contributed by atoms with Crippen LogP contribution in [0, 0.1) is 0 Å². The van der Waals surface area contributed by atoms with E-state index in [1.807, 2.05) is 13.8 Å². The number of hydroxylamine groups is 2. The third-order valence-corrected chi connectivity index (χ3v) is 1.64. The van der Waals surface area contributed by atoms with E-state index in [-0.39, 0.29) is 6.09 Å². The van der Waals surface area contributed by atoms with Crippen LogP contribution in [0.2, 0.25) is 0 Å². The van der Waals surface area contributed by atoms with E-state index < -0.39 is 0 Å². The molecule has 0 aromatic heterocycles. The average Bonchev–Trinajstić information content (AvgIpc) is 2.05. The zero-order chi connectivity index (χ0) is 10.3. The number of hydrogen-bond donors (Lipinski definition) is 0. The molecular formula is C9H20N2O2+. The van der Waals surface area contributed by atoms with Crippen molar-refractivity contribution >= 4 is 6.09 Å². The second kappa shape index (κ2) is 6.71. The van der Waals surface area contributed by atoms with Crippen molar-refractivity contribution in [1.29, 1.82) is 0 Å². The van der Waals surface area contributed by atoms with Crippen molar-refractivity contribution in [2.75, 3.05) is 27.2 Å². The smallest absolute Gasteiger partial charge is 0.253 e. The highest BCUT2D eigenvalue weighted by Crippen LogP contribution is 1.95. The van der Waals surface area contributed by atoms with Crippen LogP contribution in [0.5, 0.6) is 0 Å². The van der Waals surface area contributed by atoms with E-state index in [2.05, 4.69) is 0 Å². The third-order valence-electron chi connectivity index (χ3n) is 1.64. The molecule has 0 rings (SSSR count). The first-order valence-electron chi connectivity index (χ1n) is 4.76. The number of hydrogen-bond acceptors (Lipinski definition) is 3. The lowest BCUT2D eigenvalue weighted by Crippen LogP contribution is -2.34. The Morgan fingerprint density at radius 1 is 1.15 bits per heavy atom. The molecule has 4 nitrogen and oxygen atoms in total. The van der Waals surface area contributed by atoms with Gasteiger partial charge in [0.15, 0.2) is 0 Å². The predicted octanol–water partition coefficient (Wildman–Crippen LogP) is 1.72. The number of carbonyl (C=O) groups excluding carboxylic acids is 1. The van der Waals surface area contributed by atoms with Gasteiger partial charge in [-0.15, -0.1) is 0 Å². The Morgan fingerprint density at radius 2 is 1.69 bits per heavy atom. The quantitative estimate of drug-likeness (QED) is 0.487. The molecule has 0 aliphatic carbocycles. The molecule has 0 unspecified atom stereocenters. The zero-order valence-corrected chi connectivity index (χ0v) is 9.04. The second-order valence-corrected chi connectivity index (χ2v) is 3.13. The van der Waals surface area contributed by atoms with Crippen molar-refractivity contribution in [3.8, 4) is 0 Å². The van der Waals surface area contributed by atoms with E-state index in [1.165, 1.54) is 0 Å². The Bertz CT molecular complexity index is 151. The molecule has 77 valence electrons. The summed E-state index contributed by atoms with van der Waals surface area (Å²) < 4.78 is 0. The Morgan fingerprint density at radius 3 is 2.15 bits per heavy atom. The summed E-state index contributed by atoms with van der Waals surface area (Å²) in [6, 6.07) is 0. The van der Waals surface area contributed by atoms with Crippen molar-refractivity contribution < 1.29 is 9.63 Å². The number of nitrogens with zero attached hydrogens (tertiary/aromatic N) is 2. The highest BCUT2D eigenvalue weighted by molar-refractivity contribution is 5.66. The minimum Gasteiger partial charge on any atom is -0.253 e. The molecule has 0 atom stereocenters. The fraction of sp³-hybridized carbons (Fsp3) is 0.889. The highest BCUT2D eigenvalue weighted by Gasteiger charge is 2.25. The molecule has 13 heavy (non-hydrogen) atoms. The molecule has 0 aromatic rings. The first kappa shape index (κ1) is 12.2. The summed E-state index contributed by atoms with van der Waals surface area (Å²) in [7, 11) is 3.51. The van der Waals surface area contributed by atoms with Gasteiger partial charge < -0.3 is 0 Å². The largest absolute Gasteiger partial charge is 0.712 e. The third kappa shape index (κ3) is 5.47. The van der Waals surface area contributed by atoms with Crippen LogP contribution in [-0.2, 0) is 4.84 Å². The Labute approximate surface area is 80.4 Å². The SMILES string of the molecule is CCCN(C)OC(=[O+])N(C)CCC. The van der Waals surface area contributed by atoms with Gasteiger partial charge >= 0.3 is 6.09 Å². The average molecular weight is 188 g/mol. The van der Waals surface area contributed by atoms with E-state index in [0.717, 1.165) is 25.9 Å².